The maximum atomic E-state index is 16.0. The Hall–Kier alpha value is -3.90. The van der Waals surface area contributed by atoms with Crippen LogP contribution in [0.1, 0.15) is 68.9 Å². The summed E-state index contributed by atoms with van der Waals surface area (Å²) >= 11 is 25.5. The number of carbonyl (C=O) groups excluding carboxylic acids is 4. The van der Waals surface area contributed by atoms with Crippen molar-refractivity contribution in [3.8, 4) is 0 Å². The van der Waals surface area contributed by atoms with Gasteiger partial charge in [0.25, 0.3) is 5.91 Å². The largest absolute Gasteiger partial charge is 0.443 e. The first-order valence-corrected chi connectivity index (χ1v) is 16.5. The number of nitrogens with one attached hydrogen (secondary N) is 2. The Morgan fingerprint density at radius 1 is 0.880 bits per heavy atom. The second-order valence-corrected chi connectivity index (χ2v) is 15.6. The minimum Gasteiger partial charge on any atom is -0.443 e. The lowest BCUT2D eigenvalue weighted by molar-refractivity contribution is -0.117. The predicted octanol–water partition coefficient (Wildman–Crippen LogP) is 10.4. The molecule has 2 atom stereocenters. The molecule has 1 aliphatic carbocycles. The lowest BCUT2D eigenvalue weighted by Gasteiger charge is -2.29. The lowest BCUT2D eigenvalue weighted by Crippen LogP contribution is -2.44. The fourth-order valence-corrected chi connectivity index (χ4v) is 6.19. The molecule has 1 saturated carbocycles. The van der Waals surface area contributed by atoms with Crippen molar-refractivity contribution in [2.45, 2.75) is 63.0 Å². The van der Waals surface area contributed by atoms with Gasteiger partial charge in [-0.1, -0.05) is 41.9 Å². The van der Waals surface area contributed by atoms with Crippen molar-refractivity contribution in [1.82, 2.24) is 0 Å². The molecule has 0 spiro atoms. The monoisotopic (exact) mass is 769 g/mol. The number of hydrogen-bond acceptors (Lipinski definition) is 6. The van der Waals surface area contributed by atoms with E-state index in [1.165, 1.54) is 59.7 Å². The number of halogens is 6. The summed E-state index contributed by atoms with van der Waals surface area (Å²) in [6.45, 7) is 12.7. The fourth-order valence-electron chi connectivity index (χ4n) is 4.90. The van der Waals surface area contributed by atoms with Crippen molar-refractivity contribution in [1.29, 1.82) is 0 Å². The van der Waals surface area contributed by atoms with Crippen LogP contribution >= 0.6 is 46.4 Å². The number of amides is 4. The Kier molecular flexibility index (Phi) is 11.2. The van der Waals surface area contributed by atoms with E-state index in [1.54, 1.807) is 24.3 Å². The molecule has 9 nitrogen and oxygen atoms in total. The molecule has 0 bridgehead atoms. The molecule has 50 heavy (non-hydrogen) atoms. The van der Waals surface area contributed by atoms with Crippen LogP contribution in [-0.4, -0.2) is 39.5 Å². The van der Waals surface area contributed by atoms with Crippen LogP contribution in [0.15, 0.2) is 55.1 Å². The molecule has 4 amide bonds. The first kappa shape index (κ1) is 38.9. The summed E-state index contributed by atoms with van der Waals surface area (Å²) in [5, 5.41) is 5.25. The van der Waals surface area contributed by atoms with Crippen LogP contribution in [0, 0.1) is 17.6 Å². The Bertz CT molecular complexity index is 1860. The Labute approximate surface area is 307 Å². The van der Waals surface area contributed by atoms with Crippen LogP contribution in [0.5, 0.6) is 0 Å². The van der Waals surface area contributed by atoms with Gasteiger partial charge in [-0.05, 0) is 95.1 Å². The number of rotatable bonds is 7. The van der Waals surface area contributed by atoms with Crippen molar-refractivity contribution >= 4 is 93.5 Å². The SMILES string of the molecule is C=Cc1cc(Cl)cc(C2C(C(=O)Nc3ccc(Cl)c(C(=O)Nc4ccc(F)c(N(C(=O)OC(C)(C)C)C(=O)OC(C)(C)C)c4F)c3)C2(Cl)Cl)c1. The summed E-state index contributed by atoms with van der Waals surface area (Å²) in [6, 6.07) is 10.7. The van der Waals surface area contributed by atoms with Crippen LogP contribution in [-0.2, 0) is 14.3 Å². The molecule has 0 saturated heterocycles. The molecule has 2 N–H and O–H groups in total. The second kappa shape index (κ2) is 14.4. The minimum absolute atomic E-state index is 0.0699. The molecule has 0 radical (unpaired) electrons. The van der Waals surface area contributed by atoms with Gasteiger partial charge in [0, 0.05) is 16.6 Å². The first-order chi connectivity index (χ1) is 23.0. The number of carbonyl (C=O) groups is 4. The second-order valence-electron chi connectivity index (χ2n) is 13.3. The number of hydrogen-bond donors (Lipinski definition) is 2. The van der Waals surface area contributed by atoms with Gasteiger partial charge >= 0.3 is 12.2 Å². The zero-order valence-electron chi connectivity index (χ0n) is 27.7. The van der Waals surface area contributed by atoms with Gasteiger partial charge in [-0.25, -0.2) is 18.4 Å². The number of anilines is 3. The molecule has 1 aliphatic rings. The Morgan fingerprint density at radius 3 is 2.04 bits per heavy atom. The van der Waals surface area contributed by atoms with Crippen molar-refractivity contribution in [3.05, 3.63) is 93.5 Å². The molecule has 4 rings (SSSR count). The number of benzene rings is 3. The molecule has 0 heterocycles. The number of ether oxygens (including phenoxy) is 2. The topological polar surface area (TPSA) is 114 Å². The fraction of sp³-hybridized carbons (Fsp3) is 0.314. The van der Waals surface area contributed by atoms with Gasteiger partial charge in [0.15, 0.2) is 11.6 Å². The third-order valence-corrected chi connectivity index (χ3v) is 8.53. The maximum Gasteiger partial charge on any atom is 0.424 e. The van der Waals surface area contributed by atoms with E-state index in [0.717, 1.165) is 12.1 Å². The van der Waals surface area contributed by atoms with E-state index in [1.807, 2.05) is 0 Å². The van der Waals surface area contributed by atoms with Gasteiger partial charge < -0.3 is 20.1 Å². The lowest BCUT2D eigenvalue weighted by atomic mass is 10.1. The van der Waals surface area contributed by atoms with Crippen molar-refractivity contribution in [3.63, 3.8) is 0 Å². The predicted molar refractivity (Wildman–Crippen MR) is 192 cm³/mol. The van der Waals surface area contributed by atoms with E-state index in [2.05, 4.69) is 17.2 Å². The molecule has 3 aromatic carbocycles. The van der Waals surface area contributed by atoms with E-state index >= 15 is 8.78 Å². The van der Waals surface area contributed by atoms with Crippen molar-refractivity contribution in [2.75, 3.05) is 15.5 Å². The van der Waals surface area contributed by atoms with E-state index in [9.17, 15) is 19.2 Å². The number of nitrogens with zero attached hydrogens (tertiary/aromatic N) is 1. The van der Waals surface area contributed by atoms with E-state index < -0.39 is 74.4 Å². The Balaban J connectivity index is 1.60. The standard InChI is InChI=1S/C35H33Cl4F2N3O6/c1-8-17-13-18(15-19(36)14-17)25-26(35(25,38)39)30(46)42-20-9-10-22(37)21(16-20)29(45)43-24-12-11-23(40)28(27(24)41)44(31(47)49-33(2,3)4)32(48)50-34(5,6)7/h8-16,25-26H,1H2,2-7H3,(H,42,46)(H,43,45). The summed E-state index contributed by atoms with van der Waals surface area (Å²) in [5.41, 5.74) is -2.84. The van der Waals surface area contributed by atoms with Crippen molar-refractivity contribution in [2.24, 2.45) is 5.92 Å². The van der Waals surface area contributed by atoms with Crippen LogP contribution in [0.4, 0.5) is 35.4 Å². The highest BCUT2D eigenvalue weighted by Gasteiger charge is 2.67. The third-order valence-electron chi connectivity index (χ3n) is 7.04. The highest BCUT2D eigenvalue weighted by Crippen LogP contribution is 2.65. The molecular weight excluding hydrogens is 738 g/mol. The normalized spacial score (nSPS) is 16.6. The average molecular weight is 771 g/mol. The highest BCUT2D eigenvalue weighted by molar-refractivity contribution is 6.53. The summed E-state index contributed by atoms with van der Waals surface area (Å²) in [6.07, 6.45) is -1.26. The van der Waals surface area contributed by atoms with Gasteiger partial charge in [-0.2, -0.15) is 4.90 Å². The third kappa shape index (κ3) is 8.87. The van der Waals surface area contributed by atoms with Gasteiger partial charge in [0.05, 0.1) is 22.2 Å². The summed E-state index contributed by atoms with van der Waals surface area (Å²) in [4.78, 5) is 52.9. The van der Waals surface area contributed by atoms with Crippen LogP contribution < -0.4 is 15.5 Å². The zero-order chi connectivity index (χ0) is 37.5. The summed E-state index contributed by atoms with van der Waals surface area (Å²) in [5.74, 6) is -5.85. The minimum atomic E-state index is -1.49. The molecule has 2 unspecified atom stereocenters. The molecule has 0 aromatic heterocycles. The Morgan fingerprint density at radius 2 is 1.48 bits per heavy atom. The van der Waals surface area contributed by atoms with Crippen LogP contribution in [0.25, 0.3) is 6.08 Å². The van der Waals surface area contributed by atoms with Gasteiger partial charge in [-0.3, -0.25) is 9.59 Å². The van der Waals surface area contributed by atoms with E-state index in [0.29, 0.717) is 16.1 Å². The first-order valence-electron chi connectivity index (χ1n) is 15.0. The molecule has 15 heteroatoms. The van der Waals surface area contributed by atoms with Gasteiger partial charge in [0.1, 0.15) is 21.2 Å². The van der Waals surface area contributed by atoms with Gasteiger partial charge in [0.2, 0.25) is 5.91 Å². The zero-order valence-corrected chi connectivity index (χ0v) is 30.7. The smallest absolute Gasteiger partial charge is 0.424 e. The average Bonchev–Trinajstić information content (AvgIpc) is 3.57. The molecule has 3 aromatic rings. The number of imide groups is 1. The molecular formula is C35H33Cl4F2N3O6. The van der Waals surface area contributed by atoms with E-state index in [-0.39, 0.29) is 21.2 Å². The summed E-state index contributed by atoms with van der Waals surface area (Å²) < 4.78 is 40.1. The quantitative estimate of drug-likeness (QED) is 0.231. The summed E-state index contributed by atoms with van der Waals surface area (Å²) in [7, 11) is 0. The van der Waals surface area contributed by atoms with Crippen LogP contribution in [0.3, 0.4) is 0 Å². The van der Waals surface area contributed by atoms with Gasteiger partial charge in [-0.15, -0.1) is 23.2 Å². The highest BCUT2D eigenvalue weighted by atomic mass is 35.5. The van der Waals surface area contributed by atoms with Crippen LogP contribution in [0.2, 0.25) is 10.0 Å². The van der Waals surface area contributed by atoms with Crippen molar-refractivity contribution < 1.29 is 37.4 Å². The molecule has 266 valence electrons. The molecule has 0 aliphatic heterocycles. The number of alkyl halides is 2. The maximum absolute atomic E-state index is 16.0. The van der Waals surface area contributed by atoms with E-state index in [4.69, 9.17) is 55.9 Å². The molecule has 1 fully saturated rings.